The largest absolute Gasteiger partial charge is 0.497 e. The number of benzene rings is 1. The summed E-state index contributed by atoms with van der Waals surface area (Å²) in [5.41, 5.74) is 0.121. The molecule has 2 rings (SSSR count). The first kappa shape index (κ1) is 14.6. The summed E-state index contributed by atoms with van der Waals surface area (Å²) in [5.74, 6) is 0.695. The van der Waals surface area contributed by atoms with E-state index in [0.717, 1.165) is 4.68 Å². The highest BCUT2D eigenvalue weighted by molar-refractivity contribution is 5.92. The molecule has 21 heavy (non-hydrogen) atoms. The molecule has 0 saturated carbocycles. The van der Waals surface area contributed by atoms with Gasteiger partial charge in [-0.2, -0.15) is 5.10 Å². The topological polar surface area (TPSA) is 82.4 Å². The van der Waals surface area contributed by atoms with Crippen molar-refractivity contribution in [1.82, 2.24) is 9.78 Å². The molecule has 0 aliphatic rings. The maximum absolute atomic E-state index is 12.0. The smallest absolute Gasteiger partial charge is 0.267 e. The summed E-state index contributed by atoms with van der Waals surface area (Å²) >= 11 is 0. The van der Waals surface area contributed by atoms with Crippen LogP contribution in [-0.4, -0.2) is 29.9 Å². The molecule has 110 valence electrons. The van der Waals surface area contributed by atoms with E-state index in [1.165, 1.54) is 32.5 Å². The van der Waals surface area contributed by atoms with Gasteiger partial charge in [-0.3, -0.25) is 9.59 Å². The van der Waals surface area contributed by atoms with E-state index in [1.54, 1.807) is 18.2 Å². The molecule has 1 amide bonds. The second-order valence-electron chi connectivity index (χ2n) is 4.13. The van der Waals surface area contributed by atoms with Crippen LogP contribution in [0, 0.1) is 0 Å². The summed E-state index contributed by atoms with van der Waals surface area (Å²) in [6, 6.07) is 7.89. The van der Waals surface area contributed by atoms with E-state index in [-0.39, 0.29) is 18.0 Å². The van der Waals surface area contributed by atoms with Gasteiger partial charge in [0.25, 0.3) is 5.56 Å². The number of carbonyl (C=O) groups excluding carboxylic acids is 1. The summed E-state index contributed by atoms with van der Waals surface area (Å²) in [6.07, 6.45) is 1.45. The van der Waals surface area contributed by atoms with Gasteiger partial charge in [-0.25, -0.2) is 4.68 Å². The normalized spacial score (nSPS) is 10.0. The van der Waals surface area contributed by atoms with E-state index in [9.17, 15) is 9.59 Å². The van der Waals surface area contributed by atoms with Crippen molar-refractivity contribution in [1.29, 1.82) is 0 Å². The predicted octanol–water partition coefficient (Wildman–Crippen LogP) is 0.899. The summed E-state index contributed by atoms with van der Waals surface area (Å²) in [7, 11) is 3.03. The predicted molar refractivity (Wildman–Crippen MR) is 76.7 cm³/mol. The highest BCUT2D eigenvalue weighted by atomic mass is 16.5. The number of carbonyl (C=O) groups is 1. The fourth-order valence-corrected chi connectivity index (χ4v) is 1.74. The first-order valence-electron chi connectivity index (χ1n) is 6.18. The molecule has 1 aromatic carbocycles. The fourth-order valence-electron chi connectivity index (χ4n) is 1.74. The minimum absolute atomic E-state index is 0.181. The number of methoxy groups -OCH3 is 2. The van der Waals surface area contributed by atoms with E-state index in [0.29, 0.717) is 17.2 Å². The number of hydrogen-bond donors (Lipinski definition) is 1. The van der Waals surface area contributed by atoms with E-state index in [4.69, 9.17) is 9.47 Å². The van der Waals surface area contributed by atoms with Gasteiger partial charge in [0.05, 0.1) is 19.9 Å². The van der Waals surface area contributed by atoms with E-state index in [2.05, 4.69) is 10.4 Å². The number of amides is 1. The van der Waals surface area contributed by atoms with Crippen molar-refractivity contribution in [3.8, 4) is 11.5 Å². The van der Waals surface area contributed by atoms with Gasteiger partial charge in [-0.05, 0) is 18.2 Å². The van der Waals surface area contributed by atoms with Crippen LogP contribution in [0.3, 0.4) is 0 Å². The second kappa shape index (κ2) is 6.56. The zero-order valence-corrected chi connectivity index (χ0v) is 11.7. The van der Waals surface area contributed by atoms with Crippen molar-refractivity contribution in [2.24, 2.45) is 0 Å². The van der Waals surface area contributed by atoms with Crippen LogP contribution >= 0.6 is 0 Å². The van der Waals surface area contributed by atoms with Crippen molar-refractivity contribution in [3.05, 3.63) is 46.9 Å². The Bertz CT molecular complexity index is 697. The van der Waals surface area contributed by atoms with Crippen LogP contribution in [0.2, 0.25) is 0 Å². The number of nitrogens with zero attached hydrogens (tertiary/aromatic N) is 2. The lowest BCUT2D eigenvalue weighted by atomic mass is 10.2. The van der Waals surface area contributed by atoms with Crippen LogP contribution in [0.15, 0.2) is 41.3 Å². The lowest BCUT2D eigenvalue weighted by molar-refractivity contribution is -0.117. The molecular weight excluding hydrogens is 274 g/mol. The van der Waals surface area contributed by atoms with Gasteiger partial charge in [-0.15, -0.1) is 0 Å². The van der Waals surface area contributed by atoms with Gasteiger partial charge in [-0.1, -0.05) is 0 Å². The summed E-state index contributed by atoms with van der Waals surface area (Å²) < 4.78 is 11.3. The molecular formula is C14H15N3O4. The van der Waals surface area contributed by atoms with Crippen molar-refractivity contribution >= 4 is 11.6 Å². The van der Waals surface area contributed by atoms with Gasteiger partial charge in [0.2, 0.25) is 5.91 Å². The Hall–Kier alpha value is -2.83. The SMILES string of the molecule is COc1ccc(OC)c(NC(=O)Cn2ncccc2=O)c1. The maximum Gasteiger partial charge on any atom is 0.267 e. The molecule has 0 bridgehead atoms. The molecule has 0 radical (unpaired) electrons. The molecule has 0 fully saturated rings. The summed E-state index contributed by atoms with van der Waals surface area (Å²) in [5, 5.41) is 6.49. The molecule has 0 saturated heterocycles. The van der Waals surface area contributed by atoms with Crippen LogP contribution in [0.1, 0.15) is 0 Å². The minimum atomic E-state index is -0.387. The number of hydrogen-bond acceptors (Lipinski definition) is 5. The molecule has 0 aliphatic heterocycles. The number of nitrogens with one attached hydrogen (secondary N) is 1. The second-order valence-corrected chi connectivity index (χ2v) is 4.13. The Balaban J connectivity index is 2.16. The molecule has 1 N–H and O–H groups in total. The fraction of sp³-hybridized carbons (Fsp3) is 0.214. The molecule has 2 aromatic rings. The average molecular weight is 289 g/mol. The third-order valence-corrected chi connectivity index (χ3v) is 2.76. The first-order chi connectivity index (χ1) is 10.1. The Morgan fingerprint density at radius 1 is 1.29 bits per heavy atom. The summed E-state index contributed by atoms with van der Waals surface area (Å²) in [4.78, 5) is 23.5. The van der Waals surface area contributed by atoms with E-state index in [1.807, 2.05) is 0 Å². The van der Waals surface area contributed by atoms with Gasteiger partial charge < -0.3 is 14.8 Å². The molecule has 7 heteroatoms. The standard InChI is InChI=1S/C14H15N3O4/c1-20-10-5-6-12(21-2)11(8-10)16-13(18)9-17-14(19)4-3-7-15-17/h3-8H,9H2,1-2H3,(H,16,18). The molecule has 0 atom stereocenters. The Morgan fingerprint density at radius 3 is 2.76 bits per heavy atom. The number of anilines is 1. The molecule has 0 unspecified atom stereocenters. The average Bonchev–Trinajstić information content (AvgIpc) is 2.49. The van der Waals surface area contributed by atoms with E-state index < -0.39 is 0 Å². The van der Waals surface area contributed by atoms with E-state index >= 15 is 0 Å². The van der Waals surface area contributed by atoms with Crippen molar-refractivity contribution in [3.63, 3.8) is 0 Å². The molecule has 1 heterocycles. The van der Waals surface area contributed by atoms with Crippen LogP contribution in [-0.2, 0) is 11.3 Å². The Morgan fingerprint density at radius 2 is 2.10 bits per heavy atom. The van der Waals surface area contributed by atoms with Crippen LogP contribution in [0.5, 0.6) is 11.5 Å². The molecule has 0 spiro atoms. The van der Waals surface area contributed by atoms with Crippen LogP contribution in [0.25, 0.3) is 0 Å². The van der Waals surface area contributed by atoms with Crippen molar-refractivity contribution in [2.75, 3.05) is 19.5 Å². The van der Waals surface area contributed by atoms with Crippen molar-refractivity contribution in [2.45, 2.75) is 6.54 Å². The lowest BCUT2D eigenvalue weighted by Gasteiger charge is -2.12. The number of rotatable bonds is 5. The van der Waals surface area contributed by atoms with Gasteiger partial charge in [0.1, 0.15) is 18.0 Å². The first-order valence-corrected chi connectivity index (χ1v) is 6.18. The van der Waals surface area contributed by atoms with Gasteiger partial charge in [0, 0.05) is 18.3 Å². The zero-order chi connectivity index (χ0) is 15.2. The van der Waals surface area contributed by atoms with Gasteiger partial charge >= 0.3 is 0 Å². The number of aromatic nitrogens is 2. The Labute approximate surface area is 121 Å². The van der Waals surface area contributed by atoms with Crippen molar-refractivity contribution < 1.29 is 14.3 Å². The summed E-state index contributed by atoms with van der Waals surface area (Å²) in [6.45, 7) is -0.181. The molecule has 0 aliphatic carbocycles. The molecule has 1 aromatic heterocycles. The maximum atomic E-state index is 12.0. The van der Waals surface area contributed by atoms with Crippen LogP contribution in [0.4, 0.5) is 5.69 Å². The lowest BCUT2D eigenvalue weighted by Crippen LogP contribution is -2.28. The Kier molecular flexibility index (Phi) is 4.55. The zero-order valence-electron chi connectivity index (χ0n) is 11.7. The third-order valence-electron chi connectivity index (χ3n) is 2.76. The molecule has 7 nitrogen and oxygen atoms in total. The minimum Gasteiger partial charge on any atom is -0.497 e. The highest BCUT2D eigenvalue weighted by Gasteiger charge is 2.10. The quantitative estimate of drug-likeness (QED) is 0.884. The number of ether oxygens (including phenoxy) is 2. The third kappa shape index (κ3) is 3.59. The van der Waals surface area contributed by atoms with Gasteiger partial charge in [0.15, 0.2) is 0 Å². The monoisotopic (exact) mass is 289 g/mol. The van der Waals surface area contributed by atoms with Crippen LogP contribution < -0.4 is 20.3 Å². The highest BCUT2D eigenvalue weighted by Crippen LogP contribution is 2.28.